The Labute approximate surface area is 147 Å². The van der Waals surface area contributed by atoms with Crippen LogP contribution in [0.3, 0.4) is 0 Å². The molecule has 1 aliphatic heterocycles. The van der Waals surface area contributed by atoms with E-state index in [1.54, 1.807) is 36.7 Å². The molecule has 1 aliphatic rings. The van der Waals surface area contributed by atoms with Crippen molar-refractivity contribution in [3.05, 3.63) is 54.2 Å². The Morgan fingerprint density at radius 3 is 3.00 bits per heavy atom. The Morgan fingerprint density at radius 1 is 1.24 bits per heavy atom. The molecule has 0 spiro atoms. The Hall–Kier alpha value is -2.25. The summed E-state index contributed by atoms with van der Waals surface area (Å²) in [7, 11) is -3.58. The molecule has 1 N–H and O–H groups in total. The standard InChI is InChI=1S/C18H20N4O2S/c1-13-4-5-16(15-3-2-7-20-18(13)15)25(23,24)21-12-14-6-9-22-10-8-19-17(22)11-14/h2-5,7-8,10,14,21H,6,9,11-12H2,1H3/t14-/m0/s1. The van der Waals surface area contributed by atoms with Crippen molar-refractivity contribution in [3.63, 3.8) is 0 Å². The van der Waals surface area contributed by atoms with Gasteiger partial charge in [0.15, 0.2) is 0 Å². The van der Waals surface area contributed by atoms with Gasteiger partial charge in [-0.3, -0.25) is 4.98 Å². The van der Waals surface area contributed by atoms with Crippen molar-refractivity contribution >= 4 is 20.9 Å². The van der Waals surface area contributed by atoms with Crippen molar-refractivity contribution in [2.75, 3.05) is 6.54 Å². The summed E-state index contributed by atoms with van der Waals surface area (Å²) in [5, 5.41) is 0.661. The summed E-state index contributed by atoms with van der Waals surface area (Å²) < 4.78 is 30.6. The molecule has 0 radical (unpaired) electrons. The molecule has 130 valence electrons. The molecule has 4 rings (SSSR count). The van der Waals surface area contributed by atoms with Crippen LogP contribution in [0, 0.1) is 12.8 Å². The van der Waals surface area contributed by atoms with Crippen molar-refractivity contribution in [2.24, 2.45) is 5.92 Å². The molecule has 0 aliphatic carbocycles. The van der Waals surface area contributed by atoms with E-state index in [1.165, 1.54) is 0 Å². The zero-order chi connectivity index (χ0) is 17.4. The highest BCUT2D eigenvalue weighted by molar-refractivity contribution is 7.89. The largest absolute Gasteiger partial charge is 0.335 e. The summed E-state index contributed by atoms with van der Waals surface area (Å²) in [4.78, 5) is 8.95. The second-order valence-corrected chi connectivity index (χ2v) is 8.26. The molecule has 0 saturated carbocycles. The summed E-state index contributed by atoms with van der Waals surface area (Å²) in [6, 6.07) is 7.04. The van der Waals surface area contributed by atoms with E-state index in [0.29, 0.717) is 16.8 Å². The van der Waals surface area contributed by atoms with Gasteiger partial charge in [-0.1, -0.05) is 6.07 Å². The maximum atomic E-state index is 12.8. The lowest BCUT2D eigenvalue weighted by Crippen LogP contribution is -2.33. The van der Waals surface area contributed by atoms with Gasteiger partial charge in [0.05, 0.1) is 10.4 Å². The van der Waals surface area contributed by atoms with Crippen LogP contribution < -0.4 is 4.72 Å². The number of rotatable bonds is 4. The first-order valence-corrected chi connectivity index (χ1v) is 9.87. The summed E-state index contributed by atoms with van der Waals surface area (Å²) >= 11 is 0. The van der Waals surface area contributed by atoms with Crippen molar-refractivity contribution in [1.82, 2.24) is 19.3 Å². The van der Waals surface area contributed by atoms with E-state index in [1.807, 2.05) is 13.1 Å². The number of aromatic nitrogens is 3. The van der Waals surface area contributed by atoms with Gasteiger partial charge in [-0.15, -0.1) is 0 Å². The number of imidazole rings is 1. The van der Waals surface area contributed by atoms with Crippen LogP contribution in [0.4, 0.5) is 0 Å². The van der Waals surface area contributed by atoms with Gasteiger partial charge >= 0.3 is 0 Å². The Kier molecular flexibility index (Phi) is 4.05. The van der Waals surface area contributed by atoms with E-state index < -0.39 is 10.0 Å². The fourth-order valence-electron chi connectivity index (χ4n) is 3.42. The molecule has 3 heterocycles. The molecular weight excluding hydrogens is 336 g/mol. The zero-order valence-electron chi connectivity index (χ0n) is 14.0. The highest BCUT2D eigenvalue weighted by Gasteiger charge is 2.23. The van der Waals surface area contributed by atoms with Crippen molar-refractivity contribution < 1.29 is 8.42 Å². The minimum atomic E-state index is -3.58. The normalized spacial score (nSPS) is 17.6. The molecule has 1 aromatic carbocycles. The van der Waals surface area contributed by atoms with E-state index in [-0.39, 0.29) is 5.92 Å². The average molecular weight is 356 g/mol. The van der Waals surface area contributed by atoms with Crippen LogP contribution in [-0.2, 0) is 23.0 Å². The first kappa shape index (κ1) is 16.2. The molecule has 0 amide bonds. The predicted molar refractivity (Wildman–Crippen MR) is 95.7 cm³/mol. The fourth-order valence-corrected chi connectivity index (χ4v) is 4.73. The molecular formula is C18H20N4O2S. The Bertz CT molecular complexity index is 1030. The van der Waals surface area contributed by atoms with Gasteiger partial charge in [-0.25, -0.2) is 18.1 Å². The average Bonchev–Trinajstić information content (AvgIpc) is 3.08. The Morgan fingerprint density at radius 2 is 2.12 bits per heavy atom. The molecule has 2 aromatic heterocycles. The van der Waals surface area contributed by atoms with E-state index >= 15 is 0 Å². The SMILES string of the molecule is Cc1ccc(S(=O)(=O)NC[C@H]2CCn3ccnc3C2)c2cccnc12. The van der Waals surface area contributed by atoms with Crippen molar-refractivity contribution in [3.8, 4) is 0 Å². The van der Waals surface area contributed by atoms with Crippen LogP contribution in [0.1, 0.15) is 17.8 Å². The van der Waals surface area contributed by atoms with Crippen LogP contribution >= 0.6 is 0 Å². The van der Waals surface area contributed by atoms with E-state index in [0.717, 1.165) is 36.3 Å². The van der Waals surface area contributed by atoms with Crippen LogP contribution in [0.15, 0.2) is 47.8 Å². The van der Waals surface area contributed by atoms with Crippen LogP contribution in [0.5, 0.6) is 0 Å². The van der Waals surface area contributed by atoms with Gasteiger partial charge < -0.3 is 4.57 Å². The van der Waals surface area contributed by atoms with Gasteiger partial charge in [0, 0.05) is 43.5 Å². The molecule has 0 bridgehead atoms. The second-order valence-electron chi connectivity index (χ2n) is 6.53. The topological polar surface area (TPSA) is 76.9 Å². The molecule has 3 aromatic rings. The van der Waals surface area contributed by atoms with Gasteiger partial charge in [-0.2, -0.15) is 0 Å². The number of sulfonamides is 1. The third kappa shape index (κ3) is 3.05. The van der Waals surface area contributed by atoms with Crippen LogP contribution in [0.2, 0.25) is 0 Å². The number of fused-ring (bicyclic) bond motifs is 2. The van der Waals surface area contributed by atoms with Gasteiger partial charge in [-0.05, 0) is 43.0 Å². The smallest absolute Gasteiger partial charge is 0.241 e. The molecule has 7 heteroatoms. The summed E-state index contributed by atoms with van der Waals surface area (Å²) in [6.45, 7) is 3.24. The molecule has 1 atom stereocenters. The van der Waals surface area contributed by atoms with Crippen molar-refractivity contribution in [1.29, 1.82) is 0 Å². The fraction of sp³-hybridized carbons (Fsp3) is 0.333. The number of aryl methyl sites for hydroxylation is 2. The lowest BCUT2D eigenvalue weighted by Gasteiger charge is -2.23. The lowest BCUT2D eigenvalue weighted by molar-refractivity contribution is 0.379. The van der Waals surface area contributed by atoms with Crippen LogP contribution in [-0.4, -0.2) is 29.5 Å². The molecule has 25 heavy (non-hydrogen) atoms. The minimum Gasteiger partial charge on any atom is -0.335 e. The van der Waals surface area contributed by atoms with Gasteiger partial charge in [0.2, 0.25) is 10.0 Å². The summed E-state index contributed by atoms with van der Waals surface area (Å²) in [5.41, 5.74) is 1.69. The number of benzene rings is 1. The third-order valence-corrected chi connectivity index (χ3v) is 6.32. The first-order chi connectivity index (χ1) is 12.0. The molecule has 6 nitrogen and oxygen atoms in total. The van der Waals surface area contributed by atoms with E-state index in [4.69, 9.17) is 0 Å². The number of nitrogens with zero attached hydrogens (tertiary/aromatic N) is 3. The monoisotopic (exact) mass is 356 g/mol. The van der Waals surface area contributed by atoms with Crippen LogP contribution in [0.25, 0.3) is 10.9 Å². The number of pyridine rings is 1. The summed E-state index contributed by atoms with van der Waals surface area (Å²) in [6.07, 6.45) is 7.20. The number of nitrogens with one attached hydrogen (secondary N) is 1. The number of hydrogen-bond donors (Lipinski definition) is 1. The highest BCUT2D eigenvalue weighted by Crippen LogP contribution is 2.25. The van der Waals surface area contributed by atoms with E-state index in [9.17, 15) is 8.42 Å². The summed E-state index contributed by atoms with van der Waals surface area (Å²) in [5.74, 6) is 1.29. The maximum absolute atomic E-state index is 12.8. The molecule has 0 fully saturated rings. The predicted octanol–water partition coefficient (Wildman–Crippen LogP) is 2.28. The Balaban J connectivity index is 1.56. The van der Waals surface area contributed by atoms with Crippen molar-refractivity contribution in [2.45, 2.75) is 31.2 Å². The maximum Gasteiger partial charge on any atom is 0.241 e. The van der Waals surface area contributed by atoms with Gasteiger partial charge in [0.1, 0.15) is 5.82 Å². The van der Waals surface area contributed by atoms with E-state index in [2.05, 4.69) is 19.3 Å². The first-order valence-electron chi connectivity index (χ1n) is 8.38. The molecule has 0 saturated heterocycles. The quantitative estimate of drug-likeness (QED) is 0.778. The number of hydrogen-bond acceptors (Lipinski definition) is 4. The third-order valence-electron chi connectivity index (χ3n) is 4.83. The minimum absolute atomic E-state index is 0.263. The van der Waals surface area contributed by atoms with Gasteiger partial charge in [0.25, 0.3) is 0 Å². The molecule has 0 unspecified atom stereocenters. The highest BCUT2D eigenvalue weighted by atomic mass is 32.2. The zero-order valence-corrected chi connectivity index (χ0v) is 14.8. The second kappa shape index (κ2) is 6.24. The lowest BCUT2D eigenvalue weighted by atomic mass is 9.98.